The summed E-state index contributed by atoms with van der Waals surface area (Å²) in [5.41, 5.74) is 1.74. The van der Waals surface area contributed by atoms with E-state index in [2.05, 4.69) is 26.6 Å². The van der Waals surface area contributed by atoms with Crippen molar-refractivity contribution in [1.82, 2.24) is 15.2 Å². The summed E-state index contributed by atoms with van der Waals surface area (Å²) in [5, 5.41) is 19.5. The normalized spacial score (nSPS) is 9.69. The molecule has 0 aliphatic rings. The third kappa shape index (κ3) is 2.36. The van der Waals surface area contributed by atoms with E-state index < -0.39 is 0 Å². The Bertz CT molecular complexity index is 466. The molecule has 5 nitrogen and oxygen atoms in total. The van der Waals surface area contributed by atoms with Crippen molar-refractivity contribution in [3.8, 4) is 17.5 Å². The Balaban J connectivity index is 2.03. The van der Waals surface area contributed by atoms with E-state index in [-0.39, 0.29) is 0 Å². The standard InChI is InChI=1S/C11H11N5/c12-6-2-8-14-11-5-4-10(15-16-11)9-3-1-7-13-9/h1,3-5,7,13H,2,8H2,(H,14,16). The molecular weight excluding hydrogens is 202 g/mol. The smallest absolute Gasteiger partial charge is 0.148 e. The number of nitrogens with one attached hydrogen (secondary N) is 2. The maximum absolute atomic E-state index is 8.38. The SMILES string of the molecule is N#CCCNc1ccc(-c2ccc[nH]2)nn1. The maximum atomic E-state index is 8.38. The second kappa shape index (κ2) is 4.94. The summed E-state index contributed by atoms with van der Waals surface area (Å²) >= 11 is 0. The number of nitrogens with zero attached hydrogens (tertiary/aromatic N) is 3. The topological polar surface area (TPSA) is 77.4 Å². The Morgan fingerprint density at radius 1 is 1.31 bits per heavy atom. The number of hydrogen-bond acceptors (Lipinski definition) is 4. The van der Waals surface area contributed by atoms with Gasteiger partial charge in [0, 0.05) is 12.7 Å². The van der Waals surface area contributed by atoms with E-state index in [9.17, 15) is 0 Å². The van der Waals surface area contributed by atoms with E-state index in [4.69, 9.17) is 5.26 Å². The van der Waals surface area contributed by atoms with Gasteiger partial charge < -0.3 is 10.3 Å². The molecule has 80 valence electrons. The minimum absolute atomic E-state index is 0.458. The van der Waals surface area contributed by atoms with E-state index in [1.54, 1.807) is 0 Å². The number of hydrogen-bond donors (Lipinski definition) is 2. The zero-order chi connectivity index (χ0) is 11.2. The van der Waals surface area contributed by atoms with Crippen LogP contribution in [0.4, 0.5) is 5.82 Å². The van der Waals surface area contributed by atoms with Crippen LogP contribution in [0.2, 0.25) is 0 Å². The molecule has 0 aromatic carbocycles. The molecule has 0 saturated heterocycles. The van der Waals surface area contributed by atoms with Gasteiger partial charge in [-0.1, -0.05) is 0 Å². The Morgan fingerprint density at radius 2 is 2.25 bits per heavy atom. The summed E-state index contributed by atoms with van der Waals surface area (Å²) in [6, 6.07) is 9.64. The molecule has 0 atom stereocenters. The first-order chi connectivity index (χ1) is 7.90. The highest BCUT2D eigenvalue weighted by atomic mass is 15.2. The average molecular weight is 213 g/mol. The lowest BCUT2D eigenvalue weighted by Gasteiger charge is -2.02. The summed E-state index contributed by atoms with van der Waals surface area (Å²) in [6.07, 6.45) is 2.30. The van der Waals surface area contributed by atoms with Crippen molar-refractivity contribution in [1.29, 1.82) is 5.26 Å². The first-order valence-corrected chi connectivity index (χ1v) is 4.98. The number of anilines is 1. The van der Waals surface area contributed by atoms with Crippen LogP contribution in [0, 0.1) is 11.3 Å². The minimum Gasteiger partial charge on any atom is -0.368 e. The maximum Gasteiger partial charge on any atom is 0.148 e. The number of H-pyrrole nitrogens is 1. The largest absolute Gasteiger partial charge is 0.368 e. The van der Waals surface area contributed by atoms with Gasteiger partial charge in [0.25, 0.3) is 0 Å². The minimum atomic E-state index is 0.458. The lowest BCUT2D eigenvalue weighted by Crippen LogP contribution is -2.03. The van der Waals surface area contributed by atoms with E-state index >= 15 is 0 Å². The zero-order valence-corrected chi connectivity index (χ0v) is 8.64. The molecule has 0 amide bonds. The third-order valence-corrected chi connectivity index (χ3v) is 2.08. The molecule has 2 rings (SSSR count). The van der Waals surface area contributed by atoms with Gasteiger partial charge in [-0.2, -0.15) is 5.26 Å². The fraction of sp³-hybridized carbons (Fsp3) is 0.182. The first-order valence-electron chi connectivity index (χ1n) is 4.98. The second-order valence-corrected chi connectivity index (χ2v) is 3.22. The van der Waals surface area contributed by atoms with Gasteiger partial charge in [0.15, 0.2) is 0 Å². The van der Waals surface area contributed by atoms with Crippen LogP contribution in [-0.4, -0.2) is 21.7 Å². The van der Waals surface area contributed by atoms with Crippen molar-refractivity contribution in [2.75, 3.05) is 11.9 Å². The van der Waals surface area contributed by atoms with Gasteiger partial charge in [0.2, 0.25) is 0 Å². The van der Waals surface area contributed by atoms with Crippen LogP contribution in [0.15, 0.2) is 30.5 Å². The van der Waals surface area contributed by atoms with Gasteiger partial charge in [-0.25, -0.2) is 0 Å². The van der Waals surface area contributed by atoms with Crippen molar-refractivity contribution >= 4 is 5.82 Å². The molecule has 2 aromatic heterocycles. The predicted octanol–water partition coefficient (Wildman–Crippen LogP) is 1.80. The highest BCUT2D eigenvalue weighted by Crippen LogP contribution is 2.13. The summed E-state index contributed by atoms with van der Waals surface area (Å²) in [7, 11) is 0. The zero-order valence-electron chi connectivity index (χ0n) is 8.64. The number of aromatic nitrogens is 3. The lowest BCUT2D eigenvalue weighted by atomic mass is 10.3. The van der Waals surface area contributed by atoms with Gasteiger partial charge in [-0.3, -0.25) is 0 Å². The van der Waals surface area contributed by atoms with Gasteiger partial charge in [0.05, 0.1) is 18.2 Å². The van der Waals surface area contributed by atoms with E-state index in [0.717, 1.165) is 11.4 Å². The van der Waals surface area contributed by atoms with Crippen molar-refractivity contribution in [3.05, 3.63) is 30.5 Å². The Labute approximate surface area is 93.1 Å². The Kier molecular flexibility index (Phi) is 3.14. The summed E-state index contributed by atoms with van der Waals surface area (Å²) in [5.74, 6) is 0.686. The fourth-order valence-electron chi connectivity index (χ4n) is 1.31. The number of aromatic amines is 1. The molecular formula is C11H11N5. The van der Waals surface area contributed by atoms with Gasteiger partial charge >= 0.3 is 0 Å². The number of nitriles is 1. The molecule has 2 aromatic rings. The Morgan fingerprint density at radius 3 is 2.88 bits per heavy atom. The van der Waals surface area contributed by atoms with Crippen LogP contribution in [0.3, 0.4) is 0 Å². The summed E-state index contributed by atoms with van der Waals surface area (Å²) in [4.78, 5) is 3.06. The monoisotopic (exact) mass is 213 g/mol. The lowest BCUT2D eigenvalue weighted by molar-refractivity contribution is 0.989. The molecule has 0 unspecified atom stereocenters. The van der Waals surface area contributed by atoms with Crippen LogP contribution >= 0.6 is 0 Å². The van der Waals surface area contributed by atoms with E-state index in [0.29, 0.717) is 18.8 Å². The van der Waals surface area contributed by atoms with Crippen molar-refractivity contribution in [2.24, 2.45) is 0 Å². The van der Waals surface area contributed by atoms with E-state index in [1.165, 1.54) is 0 Å². The highest BCUT2D eigenvalue weighted by Gasteiger charge is 2.00. The Hall–Kier alpha value is -2.35. The van der Waals surface area contributed by atoms with Crippen LogP contribution in [0.1, 0.15) is 6.42 Å². The molecule has 0 aliphatic heterocycles. The predicted molar refractivity (Wildman–Crippen MR) is 60.5 cm³/mol. The summed E-state index contributed by atoms with van der Waals surface area (Å²) < 4.78 is 0. The highest BCUT2D eigenvalue weighted by molar-refractivity contribution is 5.54. The van der Waals surface area contributed by atoms with Crippen LogP contribution < -0.4 is 5.32 Å². The average Bonchev–Trinajstić information content (AvgIpc) is 2.84. The van der Waals surface area contributed by atoms with Crippen LogP contribution in [0.5, 0.6) is 0 Å². The van der Waals surface area contributed by atoms with Crippen molar-refractivity contribution < 1.29 is 0 Å². The second-order valence-electron chi connectivity index (χ2n) is 3.22. The molecule has 5 heteroatoms. The first kappa shape index (κ1) is 10.2. The van der Waals surface area contributed by atoms with Crippen LogP contribution in [0.25, 0.3) is 11.4 Å². The molecule has 0 bridgehead atoms. The molecule has 0 aliphatic carbocycles. The summed E-state index contributed by atoms with van der Waals surface area (Å²) in [6.45, 7) is 0.590. The molecule has 16 heavy (non-hydrogen) atoms. The molecule has 0 radical (unpaired) electrons. The van der Waals surface area contributed by atoms with Crippen molar-refractivity contribution in [2.45, 2.75) is 6.42 Å². The fourth-order valence-corrected chi connectivity index (χ4v) is 1.31. The van der Waals surface area contributed by atoms with Gasteiger partial charge in [-0.05, 0) is 24.3 Å². The molecule has 0 spiro atoms. The van der Waals surface area contributed by atoms with E-state index in [1.807, 2.05) is 30.5 Å². The van der Waals surface area contributed by atoms with Crippen molar-refractivity contribution in [3.63, 3.8) is 0 Å². The van der Waals surface area contributed by atoms with Gasteiger partial charge in [-0.15, -0.1) is 10.2 Å². The quantitative estimate of drug-likeness (QED) is 0.759. The van der Waals surface area contributed by atoms with Crippen LogP contribution in [-0.2, 0) is 0 Å². The molecule has 2 heterocycles. The molecule has 0 saturated carbocycles. The molecule has 0 fully saturated rings. The van der Waals surface area contributed by atoms with Gasteiger partial charge in [0.1, 0.15) is 11.5 Å². The third-order valence-electron chi connectivity index (χ3n) is 2.08. The number of rotatable bonds is 4. The molecule has 2 N–H and O–H groups in total.